The first-order valence-corrected chi connectivity index (χ1v) is 6.04. The molecule has 96 valence electrons. The molecule has 0 saturated carbocycles. The van der Waals surface area contributed by atoms with Crippen molar-refractivity contribution in [3.8, 4) is 0 Å². The first-order valence-electron chi connectivity index (χ1n) is 6.04. The molecule has 0 aromatic heterocycles. The van der Waals surface area contributed by atoms with Crippen molar-refractivity contribution >= 4 is 5.97 Å². The van der Waals surface area contributed by atoms with Crippen molar-refractivity contribution in [2.24, 2.45) is 23.5 Å². The highest BCUT2D eigenvalue weighted by atomic mass is 16.4. The van der Waals surface area contributed by atoms with Crippen LogP contribution in [0.4, 0.5) is 0 Å². The predicted octanol–water partition coefficient (Wildman–Crippen LogP) is 1.31. The Balaban J connectivity index is 4.15. The minimum Gasteiger partial charge on any atom is -0.480 e. The Bertz CT molecular complexity index is 205. The summed E-state index contributed by atoms with van der Waals surface area (Å²) >= 11 is 0. The molecule has 0 heterocycles. The van der Waals surface area contributed by atoms with Crippen LogP contribution in [0.1, 0.15) is 34.1 Å². The highest BCUT2D eigenvalue weighted by Gasteiger charge is 2.20. The van der Waals surface area contributed by atoms with Crippen LogP contribution in [0.5, 0.6) is 0 Å². The number of nitrogens with one attached hydrogen (secondary N) is 1. The summed E-state index contributed by atoms with van der Waals surface area (Å²) in [6.45, 7) is 9.55. The second-order valence-electron chi connectivity index (χ2n) is 5.17. The Morgan fingerprint density at radius 1 is 1.31 bits per heavy atom. The topological polar surface area (TPSA) is 75.3 Å². The van der Waals surface area contributed by atoms with Gasteiger partial charge >= 0.3 is 5.97 Å². The monoisotopic (exact) mass is 230 g/mol. The Morgan fingerprint density at radius 2 is 1.88 bits per heavy atom. The third-order valence-electron chi connectivity index (χ3n) is 2.88. The molecule has 2 atom stereocenters. The summed E-state index contributed by atoms with van der Waals surface area (Å²) in [6, 6.07) is -0.451. The maximum absolute atomic E-state index is 11.0. The predicted molar refractivity (Wildman–Crippen MR) is 66.3 cm³/mol. The zero-order valence-corrected chi connectivity index (χ0v) is 10.9. The SMILES string of the molecule is CC(C)CC(NCC(CN)C(C)C)C(=O)O. The summed E-state index contributed by atoms with van der Waals surface area (Å²) in [4.78, 5) is 11.0. The van der Waals surface area contributed by atoms with Gasteiger partial charge in [0.05, 0.1) is 0 Å². The molecular weight excluding hydrogens is 204 g/mol. The van der Waals surface area contributed by atoms with Gasteiger partial charge in [0.25, 0.3) is 0 Å². The van der Waals surface area contributed by atoms with Gasteiger partial charge in [0.15, 0.2) is 0 Å². The first kappa shape index (κ1) is 15.4. The van der Waals surface area contributed by atoms with E-state index in [2.05, 4.69) is 19.2 Å². The molecule has 0 aromatic carbocycles. The van der Waals surface area contributed by atoms with Crippen LogP contribution < -0.4 is 11.1 Å². The number of nitrogens with two attached hydrogens (primary N) is 1. The number of hydrogen-bond donors (Lipinski definition) is 3. The summed E-state index contributed by atoms with van der Waals surface area (Å²) in [5, 5.41) is 12.2. The van der Waals surface area contributed by atoms with Gasteiger partial charge in [-0.05, 0) is 30.7 Å². The fourth-order valence-corrected chi connectivity index (χ4v) is 1.63. The van der Waals surface area contributed by atoms with Gasteiger partial charge in [0.2, 0.25) is 0 Å². The van der Waals surface area contributed by atoms with E-state index in [9.17, 15) is 4.79 Å². The van der Waals surface area contributed by atoms with Gasteiger partial charge in [-0.3, -0.25) is 4.79 Å². The molecule has 0 aromatic rings. The Hall–Kier alpha value is -0.610. The van der Waals surface area contributed by atoms with Gasteiger partial charge in [-0.2, -0.15) is 0 Å². The van der Waals surface area contributed by atoms with E-state index >= 15 is 0 Å². The molecule has 0 spiro atoms. The molecule has 0 bridgehead atoms. The maximum atomic E-state index is 11.0. The number of carbonyl (C=O) groups is 1. The zero-order valence-electron chi connectivity index (χ0n) is 10.9. The van der Waals surface area contributed by atoms with E-state index in [1.807, 2.05) is 13.8 Å². The molecule has 4 N–H and O–H groups in total. The average molecular weight is 230 g/mol. The van der Waals surface area contributed by atoms with Crippen LogP contribution in [0, 0.1) is 17.8 Å². The van der Waals surface area contributed by atoms with Gasteiger partial charge in [0, 0.05) is 6.54 Å². The molecule has 16 heavy (non-hydrogen) atoms. The lowest BCUT2D eigenvalue weighted by atomic mass is 9.95. The van der Waals surface area contributed by atoms with Gasteiger partial charge in [-0.15, -0.1) is 0 Å². The van der Waals surface area contributed by atoms with Crippen molar-refractivity contribution in [3.63, 3.8) is 0 Å². The summed E-state index contributed by atoms with van der Waals surface area (Å²) in [5.74, 6) is 0.428. The second-order valence-corrected chi connectivity index (χ2v) is 5.17. The molecule has 0 amide bonds. The number of hydrogen-bond acceptors (Lipinski definition) is 3. The van der Waals surface area contributed by atoms with Crippen molar-refractivity contribution in [2.75, 3.05) is 13.1 Å². The van der Waals surface area contributed by atoms with E-state index in [0.717, 1.165) is 0 Å². The maximum Gasteiger partial charge on any atom is 0.320 e. The molecule has 0 fully saturated rings. The number of aliphatic carboxylic acids is 1. The highest BCUT2D eigenvalue weighted by Crippen LogP contribution is 2.10. The van der Waals surface area contributed by atoms with Crippen molar-refractivity contribution in [3.05, 3.63) is 0 Å². The Kier molecular flexibility index (Phi) is 7.34. The van der Waals surface area contributed by atoms with Crippen molar-refractivity contribution in [1.29, 1.82) is 0 Å². The zero-order chi connectivity index (χ0) is 12.7. The second kappa shape index (κ2) is 7.63. The van der Waals surface area contributed by atoms with Crippen molar-refractivity contribution < 1.29 is 9.90 Å². The van der Waals surface area contributed by atoms with Gasteiger partial charge in [0.1, 0.15) is 6.04 Å². The third-order valence-corrected chi connectivity index (χ3v) is 2.88. The van der Waals surface area contributed by atoms with Gasteiger partial charge in [-0.1, -0.05) is 27.7 Å². The quantitative estimate of drug-likeness (QED) is 0.587. The molecule has 0 aliphatic carbocycles. The highest BCUT2D eigenvalue weighted by molar-refractivity contribution is 5.73. The molecule has 0 radical (unpaired) electrons. The molecule has 0 aliphatic rings. The molecule has 0 aliphatic heterocycles. The van der Waals surface area contributed by atoms with E-state index in [4.69, 9.17) is 10.8 Å². The van der Waals surface area contributed by atoms with E-state index in [0.29, 0.717) is 37.3 Å². The Labute approximate surface area is 98.6 Å². The van der Waals surface area contributed by atoms with E-state index in [1.165, 1.54) is 0 Å². The van der Waals surface area contributed by atoms with Crippen LogP contribution in [-0.2, 0) is 4.79 Å². The summed E-state index contributed by atoms with van der Waals surface area (Å²) in [7, 11) is 0. The lowest BCUT2D eigenvalue weighted by Gasteiger charge is -2.23. The van der Waals surface area contributed by atoms with E-state index in [1.54, 1.807) is 0 Å². The molecule has 0 rings (SSSR count). The summed E-state index contributed by atoms with van der Waals surface area (Å²) < 4.78 is 0. The molecule has 4 nitrogen and oxygen atoms in total. The fraction of sp³-hybridized carbons (Fsp3) is 0.917. The summed E-state index contributed by atoms with van der Waals surface area (Å²) in [6.07, 6.45) is 0.657. The van der Waals surface area contributed by atoms with Crippen LogP contribution in [0.2, 0.25) is 0 Å². The molecule has 0 saturated heterocycles. The lowest BCUT2D eigenvalue weighted by Crippen LogP contribution is -2.42. The molecular formula is C12H26N2O2. The Morgan fingerprint density at radius 3 is 2.19 bits per heavy atom. The largest absolute Gasteiger partial charge is 0.480 e. The van der Waals surface area contributed by atoms with Crippen LogP contribution >= 0.6 is 0 Å². The van der Waals surface area contributed by atoms with E-state index in [-0.39, 0.29) is 0 Å². The number of carboxylic acid groups (broad SMARTS) is 1. The van der Waals surface area contributed by atoms with Crippen molar-refractivity contribution in [2.45, 2.75) is 40.2 Å². The normalized spacial score (nSPS) is 15.4. The first-order chi connectivity index (χ1) is 7.38. The van der Waals surface area contributed by atoms with Crippen molar-refractivity contribution in [1.82, 2.24) is 5.32 Å². The van der Waals surface area contributed by atoms with Crippen LogP contribution in [0.3, 0.4) is 0 Å². The number of carboxylic acids is 1. The summed E-state index contributed by atoms with van der Waals surface area (Å²) in [5.41, 5.74) is 5.65. The average Bonchev–Trinajstić information content (AvgIpc) is 2.15. The van der Waals surface area contributed by atoms with Crippen LogP contribution in [-0.4, -0.2) is 30.2 Å². The lowest BCUT2D eigenvalue weighted by molar-refractivity contribution is -0.140. The molecule has 4 heteroatoms. The third kappa shape index (κ3) is 6.08. The minimum absolute atomic E-state index is 0.342. The standard InChI is InChI=1S/C12H26N2O2/c1-8(2)5-11(12(15)16)14-7-10(6-13)9(3)4/h8-11,14H,5-7,13H2,1-4H3,(H,15,16). The minimum atomic E-state index is -0.770. The van der Waals surface area contributed by atoms with Gasteiger partial charge < -0.3 is 16.2 Å². The van der Waals surface area contributed by atoms with E-state index < -0.39 is 12.0 Å². The fourth-order valence-electron chi connectivity index (χ4n) is 1.63. The number of rotatable bonds is 8. The smallest absolute Gasteiger partial charge is 0.320 e. The van der Waals surface area contributed by atoms with Gasteiger partial charge in [-0.25, -0.2) is 0 Å². The molecule has 2 unspecified atom stereocenters. The van der Waals surface area contributed by atoms with Crippen LogP contribution in [0.25, 0.3) is 0 Å². The van der Waals surface area contributed by atoms with Crippen LogP contribution in [0.15, 0.2) is 0 Å².